The predicted octanol–water partition coefficient (Wildman–Crippen LogP) is 3.13. The van der Waals surface area contributed by atoms with Gasteiger partial charge in [0, 0.05) is 25.2 Å². The summed E-state index contributed by atoms with van der Waals surface area (Å²) in [5, 5.41) is 3.61. The summed E-state index contributed by atoms with van der Waals surface area (Å²) in [6.07, 6.45) is 4.08. The lowest BCUT2D eigenvalue weighted by Gasteiger charge is -2.36. The van der Waals surface area contributed by atoms with Crippen molar-refractivity contribution >= 4 is 0 Å². The smallest absolute Gasteiger partial charge is 0.0246 e. The summed E-state index contributed by atoms with van der Waals surface area (Å²) in [6, 6.07) is 1.60. The van der Waals surface area contributed by atoms with E-state index in [0.717, 1.165) is 37.0 Å². The molecule has 2 heteroatoms. The molecule has 1 aliphatic rings. The van der Waals surface area contributed by atoms with Crippen molar-refractivity contribution in [2.45, 2.75) is 66.0 Å². The van der Waals surface area contributed by atoms with E-state index in [4.69, 9.17) is 0 Å². The predicted molar refractivity (Wildman–Crippen MR) is 76.4 cm³/mol. The van der Waals surface area contributed by atoms with Crippen LogP contribution in [0, 0.1) is 11.8 Å². The molecule has 0 spiro atoms. The highest BCUT2D eigenvalue weighted by Gasteiger charge is 2.35. The molecule has 0 aromatic carbocycles. The first kappa shape index (κ1) is 15.0. The Hall–Kier alpha value is -0.0800. The molecule has 2 nitrogen and oxygen atoms in total. The van der Waals surface area contributed by atoms with Crippen molar-refractivity contribution in [1.29, 1.82) is 0 Å². The van der Waals surface area contributed by atoms with Crippen LogP contribution in [0.25, 0.3) is 0 Å². The van der Waals surface area contributed by atoms with Gasteiger partial charge in [0.1, 0.15) is 0 Å². The summed E-state index contributed by atoms with van der Waals surface area (Å²) in [4.78, 5) is 2.78. The maximum atomic E-state index is 3.61. The number of hydrogen-bond acceptors (Lipinski definition) is 2. The second-order valence-electron chi connectivity index (χ2n) is 6.34. The van der Waals surface area contributed by atoms with E-state index < -0.39 is 0 Å². The quantitative estimate of drug-likeness (QED) is 0.623. The molecule has 1 N–H and O–H groups in total. The lowest BCUT2D eigenvalue weighted by Crippen LogP contribution is -2.48. The molecule has 0 aliphatic heterocycles. The van der Waals surface area contributed by atoms with Gasteiger partial charge < -0.3 is 5.32 Å². The largest absolute Gasteiger partial charge is 0.315 e. The van der Waals surface area contributed by atoms with Gasteiger partial charge in [0.05, 0.1) is 0 Å². The Morgan fingerprint density at radius 1 is 1.18 bits per heavy atom. The Labute approximate surface area is 108 Å². The minimum absolute atomic E-state index is 0.719. The van der Waals surface area contributed by atoms with Crippen molar-refractivity contribution in [1.82, 2.24) is 10.2 Å². The van der Waals surface area contributed by atoms with E-state index in [1.165, 1.54) is 25.8 Å². The summed E-state index contributed by atoms with van der Waals surface area (Å²) in [6.45, 7) is 15.2. The molecule has 0 saturated heterocycles. The Bertz CT molecular complexity index is 197. The van der Waals surface area contributed by atoms with E-state index in [1.807, 2.05) is 0 Å². The zero-order chi connectivity index (χ0) is 12.8. The molecule has 0 aromatic rings. The SMILES string of the molecule is CCCNCC(C(C)C)N(CC(C)C)C1CC1. The topological polar surface area (TPSA) is 15.3 Å². The Kier molecular flexibility index (Phi) is 6.50. The highest BCUT2D eigenvalue weighted by molar-refractivity contribution is 4.91. The first-order valence-corrected chi connectivity index (χ1v) is 7.52. The minimum atomic E-state index is 0.719. The van der Waals surface area contributed by atoms with Gasteiger partial charge in [-0.2, -0.15) is 0 Å². The second kappa shape index (κ2) is 7.38. The number of nitrogens with one attached hydrogen (secondary N) is 1. The molecule has 0 heterocycles. The summed E-state index contributed by atoms with van der Waals surface area (Å²) in [5.74, 6) is 1.53. The molecular weight excluding hydrogens is 208 g/mol. The molecule has 1 rings (SSSR count). The molecule has 0 bridgehead atoms. The molecule has 17 heavy (non-hydrogen) atoms. The van der Waals surface area contributed by atoms with Crippen LogP contribution in [0.5, 0.6) is 0 Å². The average Bonchev–Trinajstić information content (AvgIpc) is 3.04. The van der Waals surface area contributed by atoms with Crippen molar-refractivity contribution in [3.05, 3.63) is 0 Å². The number of rotatable bonds is 9. The van der Waals surface area contributed by atoms with Crippen molar-refractivity contribution in [2.75, 3.05) is 19.6 Å². The molecule has 1 aliphatic carbocycles. The highest BCUT2D eigenvalue weighted by atomic mass is 15.2. The van der Waals surface area contributed by atoms with E-state index in [-0.39, 0.29) is 0 Å². The van der Waals surface area contributed by atoms with Crippen LogP contribution < -0.4 is 5.32 Å². The lowest BCUT2D eigenvalue weighted by atomic mass is 10.0. The van der Waals surface area contributed by atoms with Crippen LogP contribution in [-0.2, 0) is 0 Å². The Morgan fingerprint density at radius 3 is 2.24 bits per heavy atom. The van der Waals surface area contributed by atoms with Gasteiger partial charge in [-0.1, -0.05) is 34.6 Å². The first-order chi connectivity index (χ1) is 8.06. The lowest BCUT2D eigenvalue weighted by molar-refractivity contribution is 0.126. The fraction of sp³-hybridized carbons (Fsp3) is 1.00. The molecule has 102 valence electrons. The molecule has 0 radical (unpaired) electrons. The minimum Gasteiger partial charge on any atom is -0.315 e. The van der Waals surface area contributed by atoms with E-state index in [1.54, 1.807) is 0 Å². The maximum Gasteiger partial charge on any atom is 0.0246 e. The zero-order valence-corrected chi connectivity index (χ0v) is 12.5. The normalized spacial score (nSPS) is 18.4. The van der Waals surface area contributed by atoms with Crippen LogP contribution in [0.2, 0.25) is 0 Å². The van der Waals surface area contributed by atoms with Crippen LogP contribution in [0.15, 0.2) is 0 Å². The third-order valence-electron chi connectivity index (χ3n) is 3.57. The van der Waals surface area contributed by atoms with Gasteiger partial charge in [-0.15, -0.1) is 0 Å². The van der Waals surface area contributed by atoms with Crippen molar-refractivity contribution < 1.29 is 0 Å². The van der Waals surface area contributed by atoms with Crippen LogP contribution in [0.1, 0.15) is 53.9 Å². The number of nitrogens with zero attached hydrogens (tertiary/aromatic N) is 1. The van der Waals surface area contributed by atoms with Crippen LogP contribution in [-0.4, -0.2) is 36.6 Å². The molecule has 1 saturated carbocycles. The standard InChI is InChI=1S/C15H32N2/c1-6-9-16-10-15(13(4)5)17(11-12(2)3)14-7-8-14/h12-16H,6-11H2,1-5H3. The maximum absolute atomic E-state index is 3.61. The summed E-state index contributed by atoms with van der Waals surface area (Å²) in [5.41, 5.74) is 0. The van der Waals surface area contributed by atoms with Crippen LogP contribution in [0.3, 0.4) is 0 Å². The molecule has 1 atom stereocenters. The molecule has 1 unspecified atom stereocenters. The van der Waals surface area contributed by atoms with E-state index in [2.05, 4.69) is 44.8 Å². The fourth-order valence-electron chi connectivity index (χ4n) is 2.55. The van der Waals surface area contributed by atoms with Gasteiger partial charge >= 0.3 is 0 Å². The summed E-state index contributed by atoms with van der Waals surface area (Å²) >= 11 is 0. The van der Waals surface area contributed by atoms with Gasteiger partial charge in [0.15, 0.2) is 0 Å². The number of hydrogen-bond donors (Lipinski definition) is 1. The van der Waals surface area contributed by atoms with E-state index in [9.17, 15) is 0 Å². The van der Waals surface area contributed by atoms with Crippen LogP contribution in [0.4, 0.5) is 0 Å². The van der Waals surface area contributed by atoms with Gasteiger partial charge in [-0.05, 0) is 37.6 Å². The second-order valence-corrected chi connectivity index (χ2v) is 6.34. The van der Waals surface area contributed by atoms with Crippen molar-refractivity contribution in [3.8, 4) is 0 Å². The van der Waals surface area contributed by atoms with Gasteiger partial charge in [0.25, 0.3) is 0 Å². The summed E-state index contributed by atoms with van der Waals surface area (Å²) < 4.78 is 0. The first-order valence-electron chi connectivity index (χ1n) is 7.52. The van der Waals surface area contributed by atoms with Gasteiger partial charge in [0.2, 0.25) is 0 Å². The highest BCUT2D eigenvalue weighted by Crippen LogP contribution is 2.31. The Morgan fingerprint density at radius 2 is 1.82 bits per heavy atom. The van der Waals surface area contributed by atoms with Gasteiger partial charge in [-0.3, -0.25) is 4.90 Å². The van der Waals surface area contributed by atoms with Gasteiger partial charge in [-0.25, -0.2) is 0 Å². The van der Waals surface area contributed by atoms with Crippen LogP contribution >= 0.6 is 0 Å². The molecule has 0 amide bonds. The molecular formula is C15H32N2. The van der Waals surface area contributed by atoms with E-state index in [0.29, 0.717) is 0 Å². The van der Waals surface area contributed by atoms with Crippen molar-refractivity contribution in [3.63, 3.8) is 0 Å². The molecule has 0 aromatic heterocycles. The van der Waals surface area contributed by atoms with Crippen molar-refractivity contribution in [2.24, 2.45) is 11.8 Å². The monoisotopic (exact) mass is 240 g/mol. The summed E-state index contributed by atoms with van der Waals surface area (Å²) in [7, 11) is 0. The fourth-order valence-corrected chi connectivity index (χ4v) is 2.55. The zero-order valence-electron chi connectivity index (χ0n) is 12.5. The third-order valence-corrected chi connectivity index (χ3v) is 3.57. The third kappa shape index (κ3) is 5.39. The Balaban J connectivity index is 2.51. The molecule has 1 fully saturated rings. The average molecular weight is 240 g/mol. The van der Waals surface area contributed by atoms with E-state index >= 15 is 0 Å².